The van der Waals surface area contributed by atoms with Crippen molar-refractivity contribution < 1.29 is 8.42 Å². The Hall–Kier alpha value is -3.20. The third kappa shape index (κ3) is 5.40. The highest BCUT2D eigenvalue weighted by molar-refractivity contribution is 7.92. The van der Waals surface area contributed by atoms with E-state index in [0.29, 0.717) is 23.7 Å². The summed E-state index contributed by atoms with van der Waals surface area (Å²) in [5.74, 6) is 0.640. The fraction of sp³-hybridized carbons (Fsp3) is 0.231. The molecule has 5 rings (SSSR count). The van der Waals surface area contributed by atoms with E-state index in [1.165, 1.54) is 6.07 Å². The summed E-state index contributed by atoms with van der Waals surface area (Å²) in [5, 5.41) is 4.55. The molecule has 0 spiro atoms. The number of anilines is 2. The normalized spacial score (nSPS) is 18.3. The summed E-state index contributed by atoms with van der Waals surface area (Å²) in [6.45, 7) is 0. The maximum absolute atomic E-state index is 12.7. The SMILES string of the molecule is NC1CCC(Nc2ncc3cc(-c4ccc(NS(=O)(=O)c5ccccc5Cl)cc4)ccc3n2)CC1. The predicted molar refractivity (Wildman–Crippen MR) is 141 cm³/mol. The summed E-state index contributed by atoms with van der Waals surface area (Å²) in [6.07, 6.45) is 5.94. The monoisotopic (exact) mass is 507 g/mol. The van der Waals surface area contributed by atoms with E-state index < -0.39 is 10.0 Å². The predicted octanol–water partition coefficient (Wildman–Crippen LogP) is 5.43. The zero-order valence-corrected chi connectivity index (χ0v) is 20.6. The van der Waals surface area contributed by atoms with E-state index in [4.69, 9.17) is 17.3 Å². The molecular formula is C26H26ClN5O2S. The quantitative estimate of drug-likeness (QED) is 0.321. The minimum atomic E-state index is -3.78. The van der Waals surface area contributed by atoms with Gasteiger partial charge in [-0.2, -0.15) is 0 Å². The number of halogens is 1. The number of fused-ring (bicyclic) bond motifs is 1. The van der Waals surface area contributed by atoms with Crippen LogP contribution in [0.3, 0.4) is 0 Å². The lowest BCUT2D eigenvalue weighted by Crippen LogP contribution is -2.33. The van der Waals surface area contributed by atoms with Gasteiger partial charge >= 0.3 is 0 Å². The second kappa shape index (κ2) is 9.81. The van der Waals surface area contributed by atoms with E-state index in [2.05, 4.69) is 20.0 Å². The van der Waals surface area contributed by atoms with Crippen LogP contribution in [0.2, 0.25) is 5.02 Å². The van der Waals surface area contributed by atoms with Crippen molar-refractivity contribution >= 4 is 44.2 Å². The molecule has 7 nitrogen and oxygen atoms in total. The number of hydrogen-bond donors (Lipinski definition) is 3. The number of sulfonamides is 1. The van der Waals surface area contributed by atoms with E-state index in [1.54, 1.807) is 30.3 Å². The molecule has 9 heteroatoms. The zero-order valence-electron chi connectivity index (χ0n) is 19.0. The maximum Gasteiger partial charge on any atom is 0.263 e. The van der Waals surface area contributed by atoms with Gasteiger partial charge in [-0.05, 0) is 73.2 Å². The number of nitrogens with two attached hydrogens (primary N) is 1. The smallest absolute Gasteiger partial charge is 0.263 e. The molecule has 0 unspecified atom stereocenters. The van der Waals surface area contributed by atoms with Crippen LogP contribution in [-0.2, 0) is 10.0 Å². The van der Waals surface area contributed by atoms with Crippen molar-refractivity contribution in [2.45, 2.75) is 42.7 Å². The molecule has 1 aromatic heterocycles. The standard InChI is InChI=1S/C26H26ClN5O2S/c27-23-3-1-2-4-25(23)35(33,34)32-22-10-5-17(6-11-22)18-7-14-24-19(15-18)16-29-26(31-24)30-21-12-8-20(28)9-13-21/h1-7,10-11,14-16,20-21,32H,8-9,12-13,28H2,(H,29,30,31). The summed E-state index contributed by atoms with van der Waals surface area (Å²) < 4.78 is 27.9. The van der Waals surface area contributed by atoms with Crippen molar-refractivity contribution in [2.75, 3.05) is 10.0 Å². The van der Waals surface area contributed by atoms with Gasteiger partial charge < -0.3 is 11.1 Å². The van der Waals surface area contributed by atoms with Crippen molar-refractivity contribution in [2.24, 2.45) is 5.73 Å². The van der Waals surface area contributed by atoms with Gasteiger partial charge in [0.25, 0.3) is 10.0 Å². The van der Waals surface area contributed by atoms with Gasteiger partial charge in [0.2, 0.25) is 5.95 Å². The Balaban J connectivity index is 1.30. The van der Waals surface area contributed by atoms with E-state index in [0.717, 1.165) is 47.7 Å². The Morgan fingerprint density at radius 1 is 0.914 bits per heavy atom. The van der Waals surface area contributed by atoms with Gasteiger partial charge in [-0.1, -0.05) is 41.9 Å². The summed E-state index contributed by atoms with van der Waals surface area (Å²) >= 11 is 6.05. The molecular weight excluding hydrogens is 482 g/mol. The first-order valence-electron chi connectivity index (χ1n) is 11.5. The van der Waals surface area contributed by atoms with Crippen LogP contribution in [0.25, 0.3) is 22.0 Å². The van der Waals surface area contributed by atoms with Crippen LogP contribution in [0.1, 0.15) is 25.7 Å². The molecule has 0 aliphatic heterocycles. The molecule has 4 aromatic rings. The minimum absolute atomic E-state index is 0.0428. The maximum atomic E-state index is 12.7. The van der Waals surface area contributed by atoms with Crippen LogP contribution in [-0.4, -0.2) is 30.5 Å². The highest BCUT2D eigenvalue weighted by Gasteiger charge is 2.19. The first kappa shape index (κ1) is 23.5. The topological polar surface area (TPSA) is 110 Å². The van der Waals surface area contributed by atoms with Crippen molar-refractivity contribution in [3.05, 3.63) is 77.9 Å². The van der Waals surface area contributed by atoms with Crippen LogP contribution in [0.15, 0.2) is 77.8 Å². The molecule has 4 N–H and O–H groups in total. The molecule has 1 saturated carbocycles. The van der Waals surface area contributed by atoms with Crippen molar-refractivity contribution in [1.29, 1.82) is 0 Å². The number of nitrogens with zero attached hydrogens (tertiary/aromatic N) is 2. The Morgan fingerprint density at radius 3 is 2.37 bits per heavy atom. The van der Waals surface area contributed by atoms with Crippen LogP contribution >= 0.6 is 11.6 Å². The summed E-state index contributed by atoms with van der Waals surface area (Å²) in [5.41, 5.74) is 9.26. The average molecular weight is 508 g/mol. The average Bonchev–Trinajstić information content (AvgIpc) is 2.85. The molecule has 0 radical (unpaired) electrons. The molecule has 35 heavy (non-hydrogen) atoms. The zero-order chi connectivity index (χ0) is 24.4. The van der Waals surface area contributed by atoms with Gasteiger partial charge in [0, 0.05) is 29.4 Å². The third-order valence-corrected chi connectivity index (χ3v) is 8.16. The van der Waals surface area contributed by atoms with Crippen molar-refractivity contribution in [3.8, 4) is 11.1 Å². The number of aromatic nitrogens is 2. The molecule has 1 fully saturated rings. The Morgan fingerprint density at radius 2 is 1.63 bits per heavy atom. The van der Waals surface area contributed by atoms with E-state index in [9.17, 15) is 8.42 Å². The second-order valence-electron chi connectivity index (χ2n) is 8.84. The lowest BCUT2D eigenvalue weighted by molar-refractivity contribution is 0.410. The number of nitrogens with one attached hydrogen (secondary N) is 2. The Kier molecular flexibility index (Phi) is 6.60. The summed E-state index contributed by atoms with van der Waals surface area (Å²) in [6, 6.07) is 20.2. The molecule has 1 aliphatic rings. The molecule has 0 atom stereocenters. The molecule has 1 heterocycles. The number of hydrogen-bond acceptors (Lipinski definition) is 6. The van der Waals surface area contributed by atoms with Gasteiger partial charge in [-0.25, -0.2) is 18.4 Å². The summed E-state index contributed by atoms with van der Waals surface area (Å²) in [7, 11) is -3.78. The Labute approximate surface area is 209 Å². The molecule has 180 valence electrons. The highest BCUT2D eigenvalue weighted by Crippen LogP contribution is 2.28. The first-order valence-corrected chi connectivity index (χ1v) is 13.4. The van der Waals surface area contributed by atoms with E-state index >= 15 is 0 Å². The van der Waals surface area contributed by atoms with Gasteiger partial charge in [-0.3, -0.25) is 4.72 Å². The molecule has 0 amide bonds. The van der Waals surface area contributed by atoms with Gasteiger partial charge in [-0.15, -0.1) is 0 Å². The van der Waals surface area contributed by atoms with E-state index in [-0.39, 0.29) is 9.92 Å². The molecule has 1 aliphatic carbocycles. The van der Waals surface area contributed by atoms with Gasteiger partial charge in [0.1, 0.15) is 4.90 Å². The van der Waals surface area contributed by atoms with E-state index in [1.807, 2.05) is 36.5 Å². The minimum Gasteiger partial charge on any atom is -0.351 e. The fourth-order valence-corrected chi connectivity index (χ4v) is 5.91. The van der Waals surface area contributed by atoms with Crippen molar-refractivity contribution in [1.82, 2.24) is 9.97 Å². The van der Waals surface area contributed by atoms with Gasteiger partial charge in [0.15, 0.2) is 0 Å². The summed E-state index contributed by atoms with van der Waals surface area (Å²) in [4.78, 5) is 9.22. The second-order valence-corrected chi connectivity index (χ2v) is 10.9. The first-order chi connectivity index (χ1) is 16.9. The van der Waals surface area contributed by atoms with Crippen LogP contribution in [0, 0.1) is 0 Å². The van der Waals surface area contributed by atoms with Crippen LogP contribution < -0.4 is 15.8 Å². The molecule has 3 aromatic carbocycles. The number of benzene rings is 3. The largest absolute Gasteiger partial charge is 0.351 e. The van der Waals surface area contributed by atoms with Crippen molar-refractivity contribution in [3.63, 3.8) is 0 Å². The number of rotatable bonds is 6. The van der Waals surface area contributed by atoms with Gasteiger partial charge in [0.05, 0.1) is 10.5 Å². The molecule has 0 bridgehead atoms. The lowest BCUT2D eigenvalue weighted by Gasteiger charge is -2.26. The lowest BCUT2D eigenvalue weighted by atomic mass is 9.92. The third-order valence-electron chi connectivity index (χ3n) is 6.28. The molecule has 0 saturated heterocycles. The van der Waals surface area contributed by atoms with Crippen LogP contribution in [0.4, 0.5) is 11.6 Å². The Bertz CT molecular complexity index is 1450. The van der Waals surface area contributed by atoms with Crippen LogP contribution in [0.5, 0.6) is 0 Å². The fourth-order valence-electron chi connectivity index (χ4n) is 4.33. The highest BCUT2D eigenvalue weighted by atomic mass is 35.5.